The van der Waals surface area contributed by atoms with Crippen molar-refractivity contribution >= 4 is 78.3 Å². The summed E-state index contributed by atoms with van der Waals surface area (Å²) in [5.74, 6) is -1.33. The van der Waals surface area contributed by atoms with Crippen molar-refractivity contribution in [3.8, 4) is 0 Å². The number of hydrogen-bond acceptors (Lipinski definition) is 2. The van der Waals surface area contributed by atoms with Crippen LogP contribution in [0.15, 0.2) is 10.1 Å². The molecule has 0 saturated heterocycles. The van der Waals surface area contributed by atoms with Gasteiger partial charge in [0.25, 0.3) is 0 Å². The van der Waals surface area contributed by atoms with Crippen molar-refractivity contribution in [2.24, 2.45) is 0 Å². The molecule has 0 N–H and O–H groups in total. The van der Waals surface area contributed by atoms with Gasteiger partial charge in [-0.15, -0.1) is 23.2 Å². The zero-order chi connectivity index (χ0) is 13.2. The molecule has 0 aromatic heterocycles. The minimum Gasteiger partial charge on any atom is -0.349 e. The van der Waals surface area contributed by atoms with Gasteiger partial charge in [-0.05, 0) is 0 Å². The van der Waals surface area contributed by atoms with Gasteiger partial charge in [-0.1, -0.05) is 55.1 Å². The van der Waals surface area contributed by atoms with E-state index in [0.717, 1.165) is 0 Å². The minimum atomic E-state index is -1.33. The average molecular weight is 450 g/mol. The van der Waals surface area contributed by atoms with Crippen molar-refractivity contribution in [2.45, 2.75) is 25.2 Å². The minimum absolute atomic E-state index is 0.247. The maximum absolute atomic E-state index is 6.61. The van der Waals surface area contributed by atoms with Gasteiger partial charge in [-0.25, -0.2) is 0 Å². The van der Waals surface area contributed by atoms with Crippen LogP contribution in [0.5, 0.6) is 0 Å². The predicted octanol–water partition coefficient (Wildman–Crippen LogP) is 4.17. The van der Waals surface area contributed by atoms with Crippen LogP contribution in [-0.4, -0.2) is 39.4 Å². The zero-order valence-corrected chi connectivity index (χ0v) is 14.9. The first kappa shape index (κ1) is 15.2. The third-order valence-electron chi connectivity index (χ3n) is 3.38. The van der Waals surface area contributed by atoms with E-state index < -0.39 is 15.5 Å². The van der Waals surface area contributed by atoms with Crippen LogP contribution in [0, 0.1) is 0 Å². The highest BCUT2D eigenvalue weighted by molar-refractivity contribution is 9.12. The van der Waals surface area contributed by atoms with E-state index in [4.69, 9.17) is 55.9 Å². The van der Waals surface area contributed by atoms with Crippen LogP contribution in [0.4, 0.5) is 0 Å². The van der Waals surface area contributed by atoms with Crippen LogP contribution in [0.2, 0.25) is 0 Å². The predicted molar refractivity (Wildman–Crippen MR) is 78.1 cm³/mol. The molecule has 0 amide bonds. The fourth-order valence-corrected chi connectivity index (χ4v) is 6.96. The Hall–Kier alpha value is 1.78. The Labute approximate surface area is 136 Å². The Morgan fingerprint density at radius 3 is 1.41 bits per heavy atom. The van der Waals surface area contributed by atoms with Crippen LogP contribution in [0.25, 0.3) is 0 Å². The van der Waals surface area contributed by atoms with Crippen molar-refractivity contribution in [2.75, 3.05) is 14.2 Å². The second-order valence-electron chi connectivity index (χ2n) is 3.88. The molecule has 0 aromatic rings. The first-order valence-corrected chi connectivity index (χ1v) is 7.92. The molecule has 4 atom stereocenters. The number of halogens is 6. The van der Waals surface area contributed by atoms with E-state index in [1.807, 2.05) is 0 Å². The second-order valence-corrected chi connectivity index (χ2v) is 7.80. The van der Waals surface area contributed by atoms with E-state index in [0.29, 0.717) is 0 Å². The van der Waals surface area contributed by atoms with Crippen molar-refractivity contribution in [1.29, 1.82) is 0 Å². The maximum Gasteiger partial charge on any atom is 0.219 e. The Morgan fingerprint density at radius 1 is 0.941 bits per heavy atom. The van der Waals surface area contributed by atoms with Gasteiger partial charge in [0, 0.05) is 14.2 Å². The monoisotopic (exact) mass is 446 g/mol. The van der Waals surface area contributed by atoms with Crippen LogP contribution >= 0.6 is 78.3 Å². The van der Waals surface area contributed by atoms with E-state index >= 15 is 0 Å². The number of ether oxygens (including phenoxy) is 2. The third kappa shape index (κ3) is 1.33. The Bertz CT molecular complexity index is 368. The number of rotatable bonds is 2. The Kier molecular flexibility index (Phi) is 3.92. The highest BCUT2D eigenvalue weighted by Gasteiger charge is 2.84. The fourth-order valence-electron chi connectivity index (χ4n) is 2.56. The molecule has 4 unspecified atom stereocenters. The normalized spacial score (nSPS) is 48.0. The Balaban J connectivity index is 2.77. The summed E-state index contributed by atoms with van der Waals surface area (Å²) in [6.45, 7) is 0. The van der Waals surface area contributed by atoms with Crippen molar-refractivity contribution < 1.29 is 9.47 Å². The summed E-state index contributed by atoms with van der Waals surface area (Å²) in [5, 5.41) is 0.495. The van der Waals surface area contributed by atoms with E-state index in [1.54, 1.807) is 0 Å². The molecule has 2 bridgehead atoms. The molecule has 8 heteroatoms. The van der Waals surface area contributed by atoms with Gasteiger partial charge in [-0.3, -0.25) is 0 Å². The smallest absolute Gasteiger partial charge is 0.219 e. The van der Waals surface area contributed by atoms with E-state index in [-0.39, 0.29) is 19.7 Å². The van der Waals surface area contributed by atoms with Crippen molar-refractivity contribution in [1.82, 2.24) is 0 Å². The summed E-state index contributed by atoms with van der Waals surface area (Å²) in [4.78, 5) is -2.93. The van der Waals surface area contributed by atoms with Gasteiger partial charge in [0.2, 0.25) is 5.79 Å². The average Bonchev–Trinajstić information content (AvgIpc) is 2.54. The lowest BCUT2D eigenvalue weighted by Gasteiger charge is -2.40. The molecule has 2 aliphatic rings. The van der Waals surface area contributed by atoms with Gasteiger partial charge in [0.05, 0.1) is 19.7 Å². The molecule has 1 fully saturated rings. The highest BCUT2D eigenvalue weighted by Crippen LogP contribution is 2.72. The van der Waals surface area contributed by atoms with E-state index in [1.165, 1.54) is 14.2 Å². The molecule has 2 aliphatic carbocycles. The lowest BCUT2D eigenvalue weighted by Crippen LogP contribution is -2.57. The molecular weight excluding hydrogens is 442 g/mol. The summed E-state index contributed by atoms with van der Waals surface area (Å²) >= 11 is 32.6. The van der Waals surface area contributed by atoms with Gasteiger partial charge < -0.3 is 9.47 Å². The summed E-state index contributed by atoms with van der Waals surface area (Å²) in [6, 6.07) is 0. The SMILES string of the molecule is COC1(OC)C2(Cl)C(Cl)=C(Cl)C1(Cl)C(Br)C2Br. The molecule has 17 heavy (non-hydrogen) atoms. The molecule has 2 nitrogen and oxygen atoms in total. The molecule has 0 aromatic carbocycles. The summed E-state index contributed by atoms with van der Waals surface area (Å²) in [7, 11) is 2.92. The van der Waals surface area contributed by atoms with E-state index in [9.17, 15) is 0 Å². The first-order chi connectivity index (χ1) is 7.75. The van der Waals surface area contributed by atoms with Crippen LogP contribution in [0.3, 0.4) is 0 Å². The molecule has 2 rings (SSSR count). The lowest BCUT2D eigenvalue weighted by molar-refractivity contribution is -0.215. The quantitative estimate of drug-likeness (QED) is 0.465. The summed E-state index contributed by atoms with van der Waals surface area (Å²) < 4.78 is 10.9. The molecule has 1 saturated carbocycles. The molecule has 0 aliphatic heterocycles. The number of fused-ring (bicyclic) bond motifs is 2. The van der Waals surface area contributed by atoms with Gasteiger partial charge in [-0.2, -0.15) is 0 Å². The molecule has 98 valence electrons. The summed E-state index contributed by atoms with van der Waals surface area (Å²) in [5.41, 5.74) is 0. The third-order valence-corrected chi connectivity index (χ3v) is 9.66. The van der Waals surface area contributed by atoms with Gasteiger partial charge in [0.15, 0.2) is 9.75 Å². The second kappa shape index (κ2) is 4.39. The van der Waals surface area contributed by atoms with Crippen molar-refractivity contribution in [3.05, 3.63) is 10.1 Å². The number of alkyl halides is 4. The van der Waals surface area contributed by atoms with Gasteiger partial charge >= 0.3 is 0 Å². The number of hydrogen-bond donors (Lipinski definition) is 0. The van der Waals surface area contributed by atoms with E-state index in [2.05, 4.69) is 31.9 Å². The molecule has 0 heterocycles. The van der Waals surface area contributed by atoms with Gasteiger partial charge in [0.1, 0.15) is 0 Å². The molecule has 0 spiro atoms. The Morgan fingerprint density at radius 2 is 1.24 bits per heavy atom. The summed E-state index contributed by atoms with van der Waals surface area (Å²) in [6.07, 6.45) is 0. The lowest BCUT2D eigenvalue weighted by atomic mass is 10.0. The largest absolute Gasteiger partial charge is 0.349 e. The highest BCUT2D eigenvalue weighted by atomic mass is 79.9. The standard InChI is InChI=1S/C9H8Br2Cl4O2/c1-16-9(17-2)7(14)3(10)4(11)8(9,15)6(13)5(7)12/h3-4H,1-2H3. The first-order valence-electron chi connectivity index (χ1n) is 4.58. The zero-order valence-electron chi connectivity index (χ0n) is 8.74. The van der Waals surface area contributed by atoms with Crippen molar-refractivity contribution in [3.63, 3.8) is 0 Å². The van der Waals surface area contributed by atoms with Crippen LogP contribution < -0.4 is 0 Å². The molecule has 0 radical (unpaired) electrons. The molecular formula is C9H8Br2Cl4O2. The maximum atomic E-state index is 6.61. The number of methoxy groups -OCH3 is 2. The van der Waals surface area contributed by atoms with Crippen LogP contribution in [-0.2, 0) is 9.47 Å². The van der Waals surface area contributed by atoms with Crippen LogP contribution in [0.1, 0.15) is 0 Å². The fraction of sp³-hybridized carbons (Fsp3) is 0.778. The topological polar surface area (TPSA) is 18.5 Å².